The maximum absolute atomic E-state index is 12.2. The minimum Gasteiger partial charge on any atom is -0.450 e. The Balaban J connectivity index is 2.35. The molecule has 0 atom stereocenters. The highest BCUT2D eigenvalue weighted by molar-refractivity contribution is 9.10. The van der Waals surface area contributed by atoms with Gasteiger partial charge in [0.25, 0.3) is 11.8 Å². The van der Waals surface area contributed by atoms with Crippen LogP contribution in [0, 0.1) is 0 Å². The summed E-state index contributed by atoms with van der Waals surface area (Å²) >= 11 is 8.08. The number of nitrogens with one attached hydrogen (secondary N) is 1. The molecule has 2 amide bonds. The van der Waals surface area contributed by atoms with E-state index in [1.165, 1.54) is 17.1 Å². The second-order valence-corrected chi connectivity index (χ2v) is 4.83. The second kappa shape index (κ2) is 5.50. The summed E-state index contributed by atoms with van der Waals surface area (Å²) in [6, 6.07) is 3.31. The van der Waals surface area contributed by atoms with Gasteiger partial charge in [0.2, 0.25) is 0 Å². The van der Waals surface area contributed by atoms with Gasteiger partial charge < -0.3 is 4.42 Å². The van der Waals surface area contributed by atoms with Crippen LogP contribution in [-0.2, 0) is 9.59 Å². The maximum Gasteiger partial charge on any atom is 0.266 e. The van der Waals surface area contributed by atoms with Gasteiger partial charge in [-0.15, -0.1) is 6.58 Å². The molecule has 1 aromatic heterocycles. The SMILES string of the molecule is C=CCN1C(=O)/C(=C/c2ccc(Br)o2)C(=O)NC1=S. The molecule has 0 aliphatic carbocycles. The zero-order valence-corrected chi connectivity index (χ0v) is 12.1. The highest BCUT2D eigenvalue weighted by Gasteiger charge is 2.32. The smallest absolute Gasteiger partial charge is 0.266 e. The van der Waals surface area contributed by atoms with Crippen LogP contribution in [0.15, 0.2) is 39.4 Å². The fraction of sp³-hybridized carbons (Fsp3) is 0.0833. The van der Waals surface area contributed by atoms with Crippen LogP contribution in [-0.4, -0.2) is 28.4 Å². The maximum atomic E-state index is 12.2. The molecular weight excluding hydrogens is 332 g/mol. The number of hydrogen-bond acceptors (Lipinski definition) is 4. The van der Waals surface area contributed by atoms with Gasteiger partial charge in [-0.25, -0.2) is 0 Å². The van der Waals surface area contributed by atoms with Crippen LogP contribution in [0.25, 0.3) is 6.08 Å². The third kappa shape index (κ3) is 2.82. The number of amides is 2. The fourth-order valence-electron chi connectivity index (χ4n) is 1.54. The summed E-state index contributed by atoms with van der Waals surface area (Å²) in [4.78, 5) is 25.2. The van der Waals surface area contributed by atoms with E-state index < -0.39 is 11.8 Å². The zero-order chi connectivity index (χ0) is 14.0. The van der Waals surface area contributed by atoms with Gasteiger partial charge in [-0.3, -0.25) is 19.8 Å². The lowest BCUT2D eigenvalue weighted by Gasteiger charge is -2.27. The van der Waals surface area contributed by atoms with Crippen molar-refractivity contribution >= 4 is 51.2 Å². The summed E-state index contributed by atoms with van der Waals surface area (Å²) in [5.41, 5.74) is -0.0303. The Morgan fingerprint density at radius 2 is 2.21 bits per heavy atom. The van der Waals surface area contributed by atoms with E-state index in [-0.39, 0.29) is 17.2 Å². The number of furan rings is 1. The molecule has 0 bridgehead atoms. The van der Waals surface area contributed by atoms with E-state index >= 15 is 0 Å². The van der Waals surface area contributed by atoms with E-state index in [2.05, 4.69) is 27.8 Å². The number of hydrogen-bond donors (Lipinski definition) is 1. The Morgan fingerprint density at radius 1 is 1.47 bits per heavy atom. The minimum absolute atomic E-state index is 0.0303. The highest BCUT2D eigenvalue weighted by Crippen LogP contribution is 2.19. The van der Waals surface area contributed by atoms with Gasteiger partial charge in [-0.05, 0) is 46.4 Å². The number of thiocarbonyl (C=S) groups is 1. The normalized spacial score (nSPS) is 17.8. The molecule has 1 saturated heterocycles. The summed E-state index contributed by atoms with van der Waals surface area (Å²) in [7, 11) is 0. The van der Waals surface area contributed by atoms with Gasteiger partial charge >= 0.3 is 0 Å². The molecule has 1 fully saturated rings. The monoisotopic (exact) mass is 340 g/mol. The number of nitrogens with zero attached hydrogens (tertiary/aromatic N) is 1. The standard InChI is InChI=1S/C12H9BrN2O3S/c1-2-5-15-11(17)8(10(16)14-12(15)19)6-7-3-4-9(13)18-7/h2-4,6H,1,5H2,(H,14,16,19)/b8-6+. The molecule has 0 spiro atoms. The Bertz CT molecular complexity index is 606. The first-order valence-electron chi connectivity index (χ1n) is 5.28. The number of carbonyl (C=O) groups excluding carboxylic acids is 2. The van der Waals surface area contributed by atoms with Gasteiger partial charge in [-0.2, -0.15) is 0 Å². The molecule has 1 aromatic rings. The molecule has 19 heavy (non-hydrogen) atoms. The average Bonchev–Trinajstić information content (AvgIpc) is 2.76. The minimum atomic E-state index is -0.539. The first kappa shape index (κ1) is 13.7. The van der Waals surface area contributed by atoms with Crippen LogP contribution >= 0.6 is 28.1 Å². The van der Waals surface area contributed by atoms with E-state index in [0.29, 0.717) is 10.4 Å². The number of halogens is 1. The van der Waals surface area contributed by atoms with Crippen LogP contribution in [0.1, 0.15) is 5.76 Å². The third-order valence-electron chi connectivity index (χ3n) is 2.38. The molecule has 1 N–H and O–H groups in total. The molecule has 1 aliphatic heterocycles. The molecule has 0 unspecified atom stereocenters. The summed E-state index contributed by atoms with van der Waals surface area (Å²) in [5.74, 6) is -0.610. The van der Waals surface area contributed by atoms with E-state index in [9.17, 15) is 9.59 Å². The van der Waals surface area contributed by atoms with E-state index in [0.717, 1.165) is 0 Å². The van der Waals surface area contributed by atoms with Crippen molar-refractivity contribution in [1.29, 1.82) is 0 Å². The third-order valence-corrected chi connectivity index (χ3v) is 3.13. The summed E-state index contributed by atoms with van der Waals surface area (Å²) in [5, 5.41) is 2.53. The lowest BCUT2D eigenvalue weighted by molar-refractivity contribution is -0.128. The summed E-state index contributed by atoms with van der Waals surface area (Å²) in [6.45, 7) is 3.78. The Hall–Kier alpha value is -1.73. The average molecular weight is 341 g/mol. The Kier molecular flexibility index (Phi) is 3.96. The van der Waals surface area contributed by atoms with Gasteiger partial charge in [0.1, 0.15) is 11.3 Å². The van der Waals surface area contributed by atoms with Crippen molar-refractivity contribution in [1.82, 2.24) is 10.2 Å². The number of carbonyl (C=O) groups is 2. The molecule has 2 heterocycles. The van der Waals surface area contributed by atoms with E-state index in [1.807, 2.05) is 0 Å². The van der Waals surface area contributed by atoms with E-state index in [4.69, 9.17) is 16.6 Å². The lowest BCUT2D eigenvalue weighted by Crippen LogP contribution is -2.53. The molecule has 1 aliphatic rings. The second-order valence-electron chi connectivity index (χ2n) is 3.66. The van der Waals surface area contributed by atoms with Crippen molar-refractivity contribution in [3.8, 4) is 0 Å². The molecule has 0 aromatic carbocycles. The molecule has 0 radical (unpaired) electrons. The molecule has 7 heteroatoms. The zero-order valence-electron chi connectivity index (χ0n) is 9.68. The molecule has 5 nitrogen and oxygen atoms in total. The molecule has 2 rings (SSSR count). The lowest BCUT2D eigenvalue weighted by atomic mass is 10.1. The largest absolute Gasteiger partial charge is 0.450 e. The van der Waals surface area contributed by atoms with Gasteiger partial charge in [0.15, 0.2) is 9.78 Å². The first-order valence-corrected chi connectivity index (χ1v) is 6.48. The molecule has 98 valence electrons. The highest BCUT2D eigenvalue weighted by atomic mass is 79.9. The summed E-state index contributed by atoms with van der Waals surface area (Å²) in [6.07, 6.45) is 2.91. The number of rotatable bonds is 3. The van der Waals surface area contributed by atoms with Crippen LogP contribution in [0.5, 0.6) is 0 Å². The van der Waals surface area contributed by atoms with Crippen molar-refractivity contribution in [2.75, 3.05) is 6.54 Å². The quantitative estimate of drug-likeness (QED) is 0.395. The van der Waals surface area contributed by atoms with Crippen molar-refractivity contribution in [2.24, 2.45) is 0 Å². The van der Waals surface area contributed by atoms with Crippen molar-refractivity contribution in [3.63, 3.8) is 0 Å². The van der Waals surface area contributed by atoms with Gasteiger partial charge in [-0.1, -0.05) is 6.08 Å². The van der Waals surface area contributed by atoms with Crippen LogP contribution in [0.2, 0.25) is 0 Å². The Morgan fingerprint density at radius 3 is 2.79 bits per heavy atom. The van der Waals surface area contributed by atoms with Gasteiger partial charge in [0.05, 0.1) is 0 Å². The molecule has 0 saturated carbocycles. The van der Waals surface area contributed by atoms with Crippen molar-refractivity contribution in [3.05, 3.63) is 40.8 Å². The van der Waals surface area contributed by atoms with Crippen molar-refractivity contribution < 1.29 is 14.0 Å². The molecular formula is C12H9BrN2O3S. The van der Waals surface area contributed by atoms with E-state index in [1.54, 1.807) is 12.1 Å². The van der Waals surface area contributed by atoms with Gasteiger partial charge in [0, 0.05) is 6.54 Å². The topological polar surface area (TPSA) is 62.6 Å². The van der Waals surface area contributed by atoms with Crippen molar-refractivity contribution in [2.45, 2.75) is 0 Å². The Labute approximate surface area is 123 Å². The van der Waals surface area contributed by atoms with Crippen LogP contribution < -0.4 is 5.32 Å². The summed E-state index contributed by atoms with van der Waals surface area (Å²) < 4.78 is 5.76. The predicted molar refractivity (Wildman–Crippen MR) is 77.0 cm³/mol. The first-order chi connectivity index (χ1) is 9.02. The van der Waals surface area contributed by atoms with Crippen LogP contribution in [0.3, 0.4) is 0 Å². The van der Waals surface area contributed by atoms with Crippen LogP contribution in [0.4, 0.5) is 0 Å². The fourth-order valence-corrected chi connectivity index (χ4v) is 2.11. The predicted octanol–water partition coefficient (Wildman–Crippen LogP) is 1.85.